The molecule has 0 unspecified atom stereocenters. The maximum atomic E-state index is 11.6. The van der Waals surface area contributed by atoms with E-state index < -0.39 is 0 Å². The topological polar surface area (TPSA) is 29.1 Å². The molecule has 0 aliphatic rings. The summed E-state index contributed by atoms with van der Waals surface area (Å²) in [6, 6.07) is 19.4. The highest BCUT2D eigenvalue weighted by atomic mass is 16.1. The van der Waals surface area contributed by atoms with Gasteiger partial charge in [-0.15, -0.1) is 0 Å². The number of amides is 1. The first kappa shape index (κ1) is 12.1. The smallest absolute Gasteiger partial charge is 0.228 e. The maximum absolute atomic E-state index is 11.6. The Morgan fingerprint density at radius 2 is 1.56 bits per heavy atom. The van der Waals surface area contributed by atoms with Crippen molar-refractivity contribution in [2.45, 2.75) is 6.42 Å². The molecule has 2 nitrogen and oxygen atoms in total. The molecule has 2 heteroatoms. The summed E-state index contributed by atoms with van der Waals surface area (Å²) in [7, 11) is 0. The number of carbonyl (C=O) groups excluding carboxylic acids is 1. The zero-order valence-electron chi connectivity index (χ0n) is 10.0. The van der Waals surface area contributed by atoms with Gasteiger partial charge in [0.2, 0.25) is 5.91 Å². The van der Waals surface area contributed by atoms with Gasteiger partial charge < -0.3 is 5.32 Å². The number of benzene rings is 2. The number of para-hydroxylation sites is 1. The van der Waals surface area contributed by atoms with E-state index in [0.717, 1.165) is 11.3 Å². The molecule has 0 saturated heterocycles. The summed E-state index contributed by atoms with van der Waals surface area (Å²) < 4.78 is 0. The van der Waals surface area contributed by atoms with Gasteiger partial charge in [0.15, 0.2) is 0 Å². The average molecular weight is 237 g/mol. The molecule has 1 amide bonds. The van der Waals surface area contributed by atoms with Crippen LogP contribution in [0.4, 0.5) is 5.69 Å². The normalized spacial score (nSPS) is 10.4. The Kier molecular flexibility index (Phi) is 4.31. The quantitative estimate of drug-likeness (QED) is 0.862. The molecular formula is C16H15NO. The molecule has 0 aromatic heterocycles. The molecule has 18 heavy (non-hydrogen) atoms. The van der Waals surface area contributed by atoms with Gasteiger partial charge >= 0.3 is 0 Å². The molecule has 0 bridgehead atoms. The van der Waals surface area contributed by atoms with Crippen molar-refractivity contribution in [3.63, 3.8) is 0 Å². The molecule has 90 valence electrons. The lowest BCUT2D eigenvalue weighted by molar-refractivity contribution is -0.115. The van der Waals surface area contributed by atoms with E-state index in [0.29, 0.717) is 6.42 Å². The third-order valence-electron chi connectivity index (χ3n) is 2.47. The van der Waals surface area contributed by atoms with Crippen molar-refractivity contribution in [1.82, 2.24) is 0 Å². The summed E-state index contributed by atoms with van der Waals surface area (Å²) >= 11 is 0. The van der Waals surface area contributed by atoms with Crippen LogP contribution < -0.4 is 5.32 Å². The first-order chi connectivity index (χ1) is 8.84. The van der Waals surface area contributed by atoms with Crippen molar-refractivity contribution in [2.75, 3.05) is 5.32 Å². The van der Waals surface area contributed by atoms with E-state index in [2.05, 4.69) is 5.32 Å². The van der Waals surface area contributed by atoms with Crippen molar-refractivity contribution in [2.24, 2.45) is 0 Å². The Morgan fingerprint density at radius 1 is 0.944 bits per heavy atom. The second-order valence-electron chi connectivity index (χ2n) is 3.93. The van der Waals surface area contributed by atoms with Crippen LogP contribution in [0.3, 0.4) is 0 Å². The van der Waals surface area contributed by atoms with Crippen molar-refractivity contribution in [3.05, 3.63) is 72.3 Å². The summed E-state index contributed by atoms with van der Waals surface area (Å²) in [5.41, 5.74) is 1.93. The van der Waals surface area contributed by atoms with Gasteiger partial charge in [-0.25, -0.2) is 0 Å². The summed E-state index contributed by atoms with van der Waals surface area (Å²) in [5.74, 6) is -0.00613. The Bertz CT molecular complexity index is 517. The van der Waals surface area contributed by atoms with Crippen molar-refractivity contribution >= 4 is 17.7 Å². The van der Waals surface area contributed by atoms with Crippen LogP contribution in [0.25, 0.3) is 6.08 Å². The average Bonchev–Trinajstić information content (AvgIpc) is 2.41. The molecular weight excluding hydrogens is 222 g/mol. The molecule has 0 heterocycles. The minimum Gasteiger partial charge on any atom is -0.326 e. The van der Waals surface area contributed by atoms with Crippen molar-refractivity contribution < 1.29 is 4.79 Å². The number of anilines is 1. The Hall–Kier alpha value is -2.35. The predicted molar refractivity (Wildman–Crippen MR) is 75.2 cm³/mol. The van der Waals surface area contributed by atoms with Gasteiger partial charge in [0.05, 0.1) is 0 Å². The van der Waals surface area contributed by atoms with E-state index in [4.69, 9.17) is 0 Å². The number of hydrogen-bond acceptors (Lipinski definition) is 1. The van der Waals surface area contributed by atoms with Crippen LogP contribution in [0.2, 0.25) is 0 Å². The van der Waals surface area contributed by atoms with Crippen LogP contribution in [0.5, 0.6) is 0 Å². The molecule has 0 saturated carbocycles. The van der Waals surface area contributed by atoms with Gasteiger partial charge in [0.25, 0.3) is 0 Å². The number of hydrogen-bond donors (Lipinski definition) is 1. The lowest BCUT2D eigenvalue weighted by Crippen LogP contribution is -2.09. The minimum absolute atomic E-state index is 0.00613. The van der Waals surface area contributed by atoms with E-state index in [1.54, 1.807) is 0 Å². The molecule has 0 aliphatic heterocycles. The lowest BCUT2D eigenvalue weighted by Gasteiger charge is -2.02. The van der Waals surface area contributed by atoms with Crippen molar-refractivity contribution in [3.8, 4) is 0 Å². The predicted octanol–water partition coefficient (Wildman–Crippen LogP) is 3.73. The summed E-state index contributed by atoms with van der Waals surface area (Å²) in [6.07, 6.45) is 4.20. The zero-order chi connectivity index (χ0) is 12.6. The molecule has 0 radical (unpaired) electrons. The zero-order valence-corrected chi connectivity index (χ0v) is 10.0. The van der Waals surface area contributed by atoms with Crippen LogP contribution in [-0.2, 0) is 4.79 Å². The standard InChI is InChI=1S/C16H15NO/c18-16(17-15-11-5-2-6-12-15)13-7-10-14-8-3-1-4-9-14/h1-12H,13H2,(H,17,18)/b10-7+. The summed E-state index contributed by atoms with van der Waals surface area (Å²) in [4.78, 5) is 11.6. The highest BCUT2D eigenvalue weighted by Crippen LogP contribution is 2.06. The first-order valence-corrected chi connectivity index (χ1v) is 5.91. The van der Waals surface area contributed by atoms with E-state index in [1.165, 1.54) is 0 Å². The van der Waals surface area contributed by atoms with Crippen LogP contribution in [-0.4, -0.2) is 5.91 Å². The first-order valence-electron chi connectivity index (χ1n) is 5.91. The molecule has 0 spiro atoms. The third-order valence-corrected chi connectivity index (χ3v) is 2.47. The summed E-state index contributed by atoms with van der Waals surface area (Å²) in [5, 5.41) is 2.84. The van der Waals surface area contributed by atoms with Crippen LogP contribution in [0.1, 0.15) is 12.0 Å². The second-order valence-corrected chi connectivity index (χ2v) is 3.93. The molecule has 0 atom stereocenters. The number of rotatable bonds is 4. The minimum atomic E-state index is -0.00613. The monoisotopic (exact) mass is 237 g/mol. The van der Waals surface area contributed by atoms with Gasteiger partial charge in [0.1, 0.15) is 0 Å². The largest absolute Gasteiger partial charge is 0.326 e. The van der Waals surface area contributed by atoms with Crippen LogP contribution >= 0.6 is 0 Å². The van der Waals surface area contributed by atoms with Crippen molar-refractivity contribution in [1.29, 1.82) is 0 Å². The molecule has 0 fully saturated rings. The van der Waals surface area contributed by atoms with Gasteiger partial charge in [-0.05, 0) is 17.7 Å². The third kappa shape index (κ3) is 3.91. The van der Waals surface area contributed by atoms with E-state index in [1.807, 2.05) is 72.8 Å². The van der Waals surface area contributed by atoms with Gasteiger partial charge in [-0.2, -0.15) is 0 Å². The van der Waals surface area contributed by atoms with Gasteiger partial charge in [0, 0.05) is 12.1 Å². The maximum Gasteiger partial charge on any atom is 0.228 e. The number of carbonyl (C=O) groups is 1. The van der Waals surface area contributed by atoms with Crippen LogP contribution in [0, 0.1) is 0 Å². The fourth-order valence-electron chi connectivity index (χ4n) is 1.60. The molecule has 0 aliphatic carbocycles. The SMILES string of the molecule is O=C(C/C=C/c1ccccc1)Nc1ccccc1. The fraction of sp³-hybridized carbons (Fsp3) is 0.0625. The molecule has 2 aromatic carbocycles. The fourth-order valence-corrected chi connectivity index (χ4v) is 1.60. The second kappa shape index (κ2) is 6.40. The number of nitrogens with one attached hydrogen (secondary N) is 1. The Labute approximate surface area is 107 Å². The summed E-state index contributed by atoms with van der Waals surface area (Å²) in [6.45, 7) is 0. The molecule has 1 N–H and O–H groups in total. The van der Waals surface area contributed by atoms with E-state index in [-0.39, 0.29) is 5.91 Å². The molecule has 2 aromatic rings. The van der Waals surface area contributed by atoms with E-state index >= 15 is 0 Å². The highest BCUT2D eigenvalue weighted by molar-refractivity contribution is 5.92. The van der Waals surface area contributed by atoms with Gasteiger partial charge in [-0.3, -0.25) is 4.79 Å². The lowest BCUT2D eigenvalue weighted by atomic mass is 10.2. The highest BCUT2D eigenvalue weighted by Gasteiger charge is 1.98. The van der Waals surface area contributed by atoms with Crippen LogP contribution in [0.15, 0.2) is 66.7 Å². The Balaban J connectivity index is 1.84. The van der Waals surface area contributed by atoms with Gasteiger partial charge in [-0.1, -0.05) is 60.7 Å². The Morgan fingerprint density at radius 3 is 2.22 bits per heavy atom. The molecule has 2 rings (SSSR count). The van der Waals surface area contributed by atoms with E-state index in [9.17, 15) is 4.79 Å².